The van der Waals surface area contributed by atoms with Crippen LogP contribution in [-0.2, 0) is 19.6 Å². The minimum absolute atomic E-state index is 0.538. The van der Waals surface area contributed by atoms with Gasteiger partial charge in [0.2, 0.25) is 0 Å². The smallest absolute Gasteiger partial charge is 0.0178 e. The lowest BCUT2D eigenvalue weighted by molar-refractivity contribution is 1.07. The van der Waals surface area contributed by atoms with Crippen molar-refractivity contribution in [2.75, 3.05) is 0 Å². The Labute approximate surface area is 178 Å². The molecule has 4 rings (SSSR count). The highest BCUT2D eigenvalue weighted by Crippen LogP contribution is 2.40. The molecule has 0 bridgehead atoms. The zero-order valence-corrected chi connectivity index (χ0v) is 17.0. The van der Waals surface area contributed by atoms with Crippen molar-refractivity contribution in [2.24, 2.45) is 17.2 Å². The zero-order chi connectivity index (χ0) is 20.9. The largest absolute Gasteiger partial charge is 0.326 e. The molecule has 0 heterocycles. The molecule has 0 atom stereocenters. The summed E-state index contributed by atoms with van der Waals surface area (Å²) in [4.78, 5) is 0. The third kappa shape index (κ3) is 4.05. The second-order valence-electron chi connectivity index (χ2n) is 7.43. The van der Waals surface area contributed by atoms with Crippen molar-refractivity contribution in [3.05, 3.63) is 108 Å². The van der Waals surface area contributed by atoms with E-state index < -0.39 is 0 Å². The maximum Gasteiger partial charge on any atom is 0.0178 e. The average Bonchev–Trinajstić information content (AvgIpc) is 2.84. The molecule has 0 aromatic heterocycles. The van der Waals surface area contributed by atoms with Crippen LogP contribution in [0.1, 0.15) is 16.7 Å². The lowest BCUT2D eigenvalue weighted by atomic mass is 9.87. The summed E-state index contributed by atoms with van der Waals surface area (Å²) in [6.07, 6.45) is 0. The third-order valence-electron chi connectivity index (χ3n) is 5.54. The topological polar surface area (TPSA) is 78.1 Å². The molecule has 0 unspecified atom stereocenters. The van der Waals surface area contributed by atoms with Crippen LogP contribution in [0.25, 0.3) is 33.4 Å². The predicted molar refractivity (Wildman–Crippen MR) is 126 cm³/mol. The monoisotopic (exact) mass is 393 g/mol. The number of benzene rings is 4. The van der Waals surface area contributed by atoms with E-state index in [9.17, 15) is 0 Å². The Hall–Kier alpha value is -3.24. The third-order valence-corrected chi connectivity index (χ3v) is 5.54. The summed E-state index contributed by atoms with van der Waals surface area (Å²) in [5.74, 6) is 0. The molecule has 4 aromatic rings. The van der Waals surface area contributed by atoms with E-state index in [0.717, 1.165) is 16.7 Å². The highest BCUT2D eigenvalue weighted by molar-refractivity contribution is 5.94. The molecule has 0 amide bonds. The molecule has 0 saturated carbocycles. The molecule has 150 valence electrons. The van der Waals surface area contributed by atoms with Gasteiger partial charge in [0.05, 0.1) is 0 Å². The summed E-state index contributed by atoms with van der Waals surface area (Å²) in [6, 6.07) is 32.0. The molecule has 3 heteroatoms. The first-order valence-electron chi connectivity index (χ1n) is 10.2. The second kappa shape index (κ2) is 9.06. The quantitative estimate of drug-likeness (QED) is 0.428. The molecule has 0 aliphatic heterocycles. The summed E-state index contributed by atoms with van der Waals surface area (Å²) in [5, 5.41) is 0. The fraction of sp³-hybridized carbons (Fsp3) is 0.111. The summed E-state index contributed by atoms with van der Waals surface area (Å²) >= 11 is 0. The lowest BCUT2D eigenvalue weighted by Crippen LogP contribution is -1.97. The van der Waals surface area contributed by atoms with Gasteiger partial charge in [-0.25, -0.2) is 0 Å². The van der Waals surface area contributed by atoms with Crippen LogP contribution >= 0.6 is 0 Å². The molecule has 0 aliphatic carbocycles. The molecule has 6 N–H and O–H groups in total. The Morgan fingerprint density at radius 2 is 0.733 bits per heavy atom. The number of hydrogen-bond donors (Lipinski definition) is 3. The second-order valence-corrected chi connectivity index (χ2v) is 7.43. The van der Waals surface area contributed by atoms with Crippen molar-refractivity contribution >= 4 is 0 Å². The van der Waals surface area contributed by atoms with Gasteiger partial charge < -0.3 is 17.2 Å². The molecule has 0 saturated heterocycles. The van der Waals surface area contributed by atoms with Crippen molar-refractivity contribution in [2.45, 2.75) is 19.6 Å². The first-order chi connectivity index (χ1) is 14.7. The number of hydrogen-bond acceptors (Lipinski definition) is 3. The first kappa shape index (κ1) is 20.0. The van der Waals surface area contributed by atoms with Gasteiger partial charge in [-0.3, -0.25) is 0 Å². The normalized spacial score (nSPS) is 10.9. The van der Waals surface area contributed by atoms with E-state index >= 15 is 0 Å². The van der Waals surface area contributed by atoms with Crippen molar-refractivity contribution in [3.63, 3.8) is 0 Å². The Bertz CT molecular complexity index is 1050. The lowest BCUT2D eigenvalue weighted by Gasteiger charge is -2.17. The molecule has 30 heavy (non-hydrogen) atoms. The molecule has 0 spiro atoms. The van der Waals surface area contributed by atoms with Crippen LogP contribution in [0.15, 0.2) is 91.0 Å². The van der Waals surface area contributed by atoms with Crippen molar-refractivity contribution < 1.29 is 0 Å². The van der Waals surface area contributed by atoms with Gasteiger partial charge in [0.25, 0.3) is 0 Å². The van der Waals surface area contributed by atoms with Crippen LogP contribution in [0.2, 0.25) is 0 Å². The van der Waals surface area contributed by atoms with Crippen LogP contribution in [0, 0.1) is 0 Å². The van der Waals surface area contributed by atoms with Crippen LogP contribution in [-0.4, -0.2) is 0 Å². The van der Waals surface area contributed by atoms with Crippen molar-refractivity contribution in [1.82, 2.24) is 0 Å². The highest BCUT2D eigenvalue weighted by atomic mass is 14.5. The Morgan fingerprint density at radius 1 is 0.400 bits per heavy atom. The minimum Gasteiger partial charge on any atom is -0.326 e. The Kier molecular flexibility index (Phi) is 6.05. The zero-order valence-electron chi connectivity index (χ0n) is 17.0. The van der Waals surface area contributed by atoms with Crippen molar-refractivity contribution in [1.29, 1.82) is 0 Å². The average molecular weight is 394 g/mol. The maximum absolute atomic E-state index is 5.81. The van der Waals surface area contributed by atoms with E-state index in [1.54, 1.807) is 0 Å². The maximum atomic E-state index is 5.81. The summed E-state index contributed by atoms with van der Waals surface area (Å²) in [7, 11) is 0. The van der Waals surface area contributed by atoms with Gasteiger partial charge in [0.1, 0.15) is 0 Å². The molecule has 0 fully saturated rings. The molecule has 4 aromatic carbocycles. The summed E-state index contributed by atoms with van der Waals surface area (Å²) < 4.78 is 0. The van der Waals surface area contributed by atoms with Gasteiger partial charge in [-0.1, -0.05) is 91.0 Å². The minimum atomic E-state index is 0.538. The van der Waals surface area contributed by atoms with Gasteiger partial charge in [-0.15, -0.1) is 0 Å². The standard InChI is InChI=1S/C27H27N3/c28-16-19-4-10-22(11-5-19)25-2-1-3-26(23-12-6-20(17-29)7-13-23)27(25)24-14-8-21(18-30)9-15-24/h1-15H,16-18,28-30H2. The van der Waals surface area contributed by atoms with Gasteiger partial charge in [-0.05, 0) is 50.1 Å². The predicted octanol–water partition coefficient (Wildman–Crippen LogP) is 5.06. The van der Waals surface area contributed by atoms with E-state index in [1.807, 2.05) is 0 Å². The van der Waals surface area contributed by atoms with Crippen LogP contribution in [0.4, 0.5) is 0 Å². The molecule has 0 radical (unpaired) electrons. The highest BCUT2D eigenvalue weighted by Gasteiger charge is 2.14. The fourth-order valence-electron chi connectivity index (χ4n) is 3.79. The van der Waals surface area contributed by atoms with Gasteiger partial charge >= 0.3 is 0 Å². The molecular weight excluding hydrogens is 366 g/mol. The first-order valence-corrected chi connectivity index (χ1v) is 10.2. The van der Waals surface area contributed by atoms with E-state index in [2.05, 4.69) is 91.0 Å². The van der Waals surface area contributed by atoms with E-state index in [4.69, 9.17) is 17.2 Å². The number of nitrogens with two attached hydrogens (primary N) is 3. The summed E-state index contributed by atoms with van der Waals surface area (Å²) in [6.45, 7) is 1.62. The van der Waals surface area contributed by atoms with Gasteiger partial charge in [0.15, 0.2) is 0 Å². The van der Waals surface area contributed by atoms with Crippen molar-refractivity contribution in [3.8, 4) is 33.4 Å². The molecular formula is C27H27N3. The van der Waals surface area contributed by atoms with Gasteiger partial charge in [-0.2, -0.15) is 0 Å². The number of rotatable bonds is 6. The Morgan fingerprint density at radius 3 is 1.07 bits per heavy atom. The molecule has 0 aliphatic rings. The van der Waals surface area contributed by atoms with Crippen LogP contribution < -0.4 is 17.2 Å². The van der Waals surface area contributed by atoms with E-state index in [1.165, 1.54) is 33.4 Å². The summed E-state index contributed by atoms with van der Waals surface area (Å²) in [5.41, 5.74) is 27.9. The fourth-order valence-corrected chi connectivity index (χ4v) is 3.79. The molecule has 3 nitrogen and oxygen atoms in total. The Balaban J connectivity index is 1.92. The van der Waals surface area contributed by atoms with Gasteiger partial charge in [0, 0.05) is 19.6 Å². The van der Waals surface area contributed by atoms with Crippen LogP contribution in [0.3, 0.4) is 0 Å². The SMILES string of the molecule is NCc1ccc(-c2cccc(-c3ccc(CN)cc3)c2-c2ccc(CN)cc2)cc1. The van der Waals surface area contributed by atoms with Crippen LogP contribution in [0.5, 0.6) is 0 Å². The van der Waals surface area contributed by atoms with E-state index in [0.29, 0.717) is 19.6 Å². The van der Waals surface area contributed by atoms with E-state index in [-0.39, 0.29) is 0 Å².